The smallest absolute Gasteiger partial charge is 0.143 e. The van der Waals surface area contributed by atoms with Crippen molar-refractivity contribution in [1.82, 2.24) is 14.8 Å². The molecule has 2 rings (SSSR count). The predicted octanol–water partition coefficient (Wildman–Crippen LogP) is 2.75. The van der Waals surface area contributed by atoms with Gasteiger partial charge in [0.25, 0.3) is 0 Å². The number of ketones is 1. The second kappa shape index (κ2) is 7.02. The number of carbonyl (C=O) groups is 1. The Morgan fingerprint density at radius 2 is 2.19 bits per heavy atom. The van der Waals surface area contributed by atoms with E-state index in [0.717, 1.165) is 11.3 Å². The maximum absolute atomic E-state index is 12.0. The molecule has 0 unspecified atom stereocenters. The van der Waals surface area contributed by atoms with Gasteiger partial charge in [0.1, 0.15) is 23.7 Å². The lowest BCUT2D eigenvalue weighted by Crippen LogP contribution is -2.15. The van der Waals surface area contributed by atoms with E-state index in [1.54, 1.807) is 4.68 Å². The molecule has 0 aliphatic rings. The van der Waals surface area contributed by atoms with Crippen molar-refractivity contribution in [3.05, 3.63) is 42.0 Å². The van der Waals surface area contributed by atoms with Gasteiger partial charge in [-0.15, -0.1) is 0 Å². The molecule has 1 aromatic heterocycles. The number of hydrogen-bond acceptors (Lipinski definition) is 4. The van der Waals surface area contributed by atoms with Crippen LogP contribution >= 0.6 is 0 Å². The van der Waals surface area contributed by atoms with Gasteiger partial charge in [0.15, 0.2) is 0 Å². The summed E-state index contributed by atoms with van der Waals surface area (Å²) in [6.07, 6.45) is 2.17. The Labute approximate surface area is 125 Å². The van der Waals surface area contributed by atoms with Gasteiger partial charge in [-0.3, -0.25) is 4.79 Å². The third-order valence-corrected chi connectivity index (χ3v) is 3.13. The Hall–Kier alpha value is -2.17. The fourth-order valence-corrected chi connectivity index (χ4v) is 2.08. The van der Waals surface area contributed by atoms with Crippen LogP contribution < -0.4 is 4.74 Å². The first-order valence-electron chi connectivity index (χ1n) is 7.16. The molecule has 0 spiro atoms. The van der Waals surface area contributed by atoms with Crippen molar-refractivity contribution in [2.75, 3.05) is 6.61 Å². The molecule has 0 bridgehead atoms. The van der Waals surface area contributed by atoms with Crippen molar-refractivity contribution in [3.63, 3.8) is 0 Å². The fraction of sp³-hybridized carbons (Fsp3) is 0.438. The lowest BCUT2D eigenvalue weighted by atomic mass is 10.2. The van der Waals surface area contributed by atoms with E-state index in [1.165, 1.54) is 6.33 Å². The molecule has 0 N–H and O–H groups in total. The molecule has 112 valence electrons. The van der Waals surface area contributed by atoms with Gasteiger partial charge in [-0.1, -0.05) is 12.1 Å². The van der Waals surface area contributed by atoms with Gasteiger partial charge in [-0.25, -0.2) is 9.67 Å². The van der Waals surface area contributed by atoms with E-state index in [-0.39, 0.29) is 11.8 Å². The van der Waals surface area contributed by atoms with Crippen molar-refractivity contribution in [3.8, 4) is 5.75 Å². The van der Waals surface area contributed by atoms with Crippen molar-refractivity contribution in [2.45, 2.75) is 39.7 Å². The van der Waals surface area contributed by atoms with Crippen molar-refractivity contribution in [1.29, 1.82) is 0 Å². The van der Waals surface area contributed by atoms with Crippen LogP contribution in [0.1, 0.15) is 37.7 Å². The minimum Gasteiger partial charge on any atom is -0.493 e. The average Bonchev–Trinajstić information content (AvgIpc) is 2.87. The summed E-state index contributed by atoms with van der Waals surface area (Å²) in [6.45, 7) is 6.43. The first-order chi connectivity index (χ1) is 10.1. The van der Waals surface area contributed by atoms with Crippen molar-refractivity contribution < 1.29 is 9.53 Å². The average molecular weight is 287 g/mol. The summed E-state index contributed by atoms with van der Waals surface area (Å²) in [6, 6.07) is 8.01. The van der Waals surface area contributed by atoms with E-state index in [2.05, 4.69) is 10.1 Å². The van der Waals surface area contributed by atoms with Gasteiger partial charge in [-0.05, 0) is 38.5 Å². The Balaban J connectivity index is 1.81. The number of benzene rings is 1. The van der Waals surface area contributed by atoms with E-state index in [9.17, 15) is 4.79 Å². The zero-order chi connectivity index (χ0) is 15.2. The zero-order valence-electron chi connectivity index (χ0n) is 12.7. The molecule has 1 heterocycles. The van der Waals surface area contributed by atoms with Crippen LogP contribution in [-0.4, -0.2) is 27.2 Å². The van der Waals surface area contributed by atoms with Crippen LogP contribution in [0.15, 0.2) is 30.6 Å². The summed E-state index contributed by atoms with van der Waals surface area (Å²) < 4.78 is 7.37. The SMILES string of the molecule is Cc1cccc(OCCC(=O)Cc2ncnn2C(C)C)c1. The lowest BCUT2D eigenvalue weighted by Gasteiger charge is -2.09. The monoisotopic (exact) mass is 287 g/mol. The molecule has 5 nitrogen and oxygen atoms in total. The molecule has 0 aliphatic carbocycles. The number of ether oxygens (including phenoxy) is 1. The fourth-order valence-electron chi connectivity index (χ4n) is 2.08. The van der Waals surface area contributed by atoms with Crippen LogP contribution in [0.2, 0.25) is 0 Å². The minimum absolute atomic E-state index is 0.109. The van der Waals surface area contributed by atoms with Gasteiger partial charge in [0.05, 0.1) is 13.0 Å². The second-order valence-electron chi connectivity index (χ2n) is 5.35. The van der Waals surface area contributed by atoms with Crippen LogP contribution in [-0.2, 0) is 11.2 Å². The molecule has 0 atom stereocenters. The Morgan fingerprint density at radius 1 is 1.38 bits per heavy atom. The van der Waals surface area contributed by atoms with E-state index < -0.39 is 0 Å². The minimum atomic E-state index is 0.109. The van der Waals surface area contributed by atoms with E-state index in [1.807, 2.05) is 45.0 Å². The van der Waals surface area contributed by atoms with Gasteiger partial charge in [0.2, 0.25) is 0 Å². The number of carbonyl (C=O) groups excluding carboxylic acids is 1. The highest BCUT2D eigenvalue weighted by Crippen LogP contribution is 2.13. The summed E-state index contributed by atoms with van der Waals surface area (Å²) in [5.41, 5.74) is 1.14. The summed E-state index contributed by atoms with van der Waals surface area (Å²) in [4.78, 5) is 16.1. The van der Waals surface area contributed by atoms with Crippen LogP contribution in [0.5, 0.6) is 5.75 Å². The molecule has 0 saturated heterocycles. The van der Waals surface area contributed by atoms with Crippen LogP contribution in [0, 0.1) is 6.92 Å². The highest BCUT2D eigenvalue weighted by atomic mass is 16.5. The van der Waals surface area contributed by atoms with Crippen molar-refractivity contribution in [2.24, 2.45) is 0 Å². The second-order valence-corrected chi connectivity index (χ2v) is 5.35. The quantitative estimate of drug-likeness (QED) is 0.785. The Morgan fingerprint density at radius 3 is 2.90 bits per heavy atom. The maximum atomic E-state index is 12.0. The third-order valence-electron chi connectivity index (χ3n) is 3.13. The number of rotatable bonds is 7. The molecule has 0 aliphatic heterocycles. The standard InChI is InChI=1S/C16H21N3O2/c1-12(2)19-16(17-11-18-19)10-14(20)7-8-21-15-6-4-5-13(3)9-15/h4-6,9,11-12H,7-8,10H2,1-3H3. The predicted molar refractivity (Wildman–Crippen MR) is 80.4 cm³/mol. The van der Waals surface area contributed by atoms with Crippen LogP contribution in [0.25, 0.3) is 0 Å². The number of nitrogens with zero attached hydrogens (tertiary/aromatic N) is 3. The van der Waals surface area contributed by atoms with E-state index in [4.69, 9.17) is 4.74 Å². The summed E-state index contributed by atoms with van der Waals surface area (Å²) in [5, 5.41) is 4.13. The Kier molecular flexibility index (Phi) is 5.09. The number of aryl methyl sites for hydroxylation is 1. The largest absolute Gasteiger partial charge is 0.493 e. The van der Waals surface area contributed by atoms with E-state index in [0.29, 0.717) is 25.3 Å². The summed E-state index contributed by atoms with van der Waals surface area (Å²) in [5.74, 6) is 1.62. The van der Waals surface area contributed by atoms with Crippen LogP contribution in [0.3, 0.4) is 0 Å². The molecular formula is C16H21N3O2. The van der Waals surface area contributed by atoms with Gasteiger partial charge in [0, 0.05) is 12.5 Å². The summed E-state index contributed by atoms with van der Waals surface area (Å²) in [7, 11) is 0. The number of Topliss-reactive ketones (excluding diaryl/α,β-unsaturated/α-hetero) is 1. The normalized spacial score (nSPS) is 10.9. The zero-order valence-corrected chi connectivity index (χ0v) is 12.7. The highest BCUT2D eigenvalue weighted by molar-refractivity contribution is 5.80. The van der Waals surface area contributed by atoms with Gasteiger partial charge in [-0.2, -0.15) is 5.10 Å². The molecular weight excluding hydrogens is 266 g/mol. The number of hydrogen-bond donors (Lipinski definition) is 0. The molecule has 2 aromatic rings. The topological polar surface area (TPSA) is 57.0 Å². The molecule has 0 fully saturated rings. The molecule has 0 saturated carbocycles. The van der Waals surface area contributed by atoms with Crippen LogP contribution in [0.4, 0.5) is 0 Å². The lowest BCUT2D eigenvalue weighted by molar-refractivity contribution is -0.119. The van der Waals surface area contributed by atoms with Crippen molar-refractivity contribution >= 4 is 5.78 Å². The first kappa shape index (κ1) is 15.2. The molecule has 0 radical (unpaired) electrons. The molecule has 0 amide bonds. The Bertz CT molecular complexity index is 605. The van der Waals surface area contributed by atoms with E-state index >= 15 is 0 Å². The number of aromatic nitrogens is 3. The third kappa shape index (κ3) is 4.41. The van der Waals surface area contributed by atoms with Gasteiger partial charge < -0.3 is 4.74 Å². The maximum Gasteiger partial charge on any atom is 0.143 e. The molecule has 21 heavy (non-hydrogen) atoms. The molecule has 1 aromatic carbocycles. The summed E-state index contributed by atoms with van der Waals surface area (Å²) >= 11 is 0. The molecule has 5 heteroatoms. The highest BCUT2D eigenvalue weighted by Gasteiger charge is 2.12. The first-order valence-corrected chi connectivity index (χ1v) is 7.16. The van der Waals surface area contributed by atoms with Gasteiger partial charge >= 0.3 is 0 Å².